The van der Waals surface area contributed by atoms with Crippen LogP contribution in [0, 0.1) is 0 Å². The van der Waals surface area contributed by atoms with Gasteiger partial charge in [-0.15, -0.1) is 0 Å². The number of aromatic amines is 1. The molecule has 0 aliphatic carbocycles. The van der Waals surface area contributed by atoms with E-state index in [1.54, 1.807) is 13.4 Å². The average molecular weight is 252 g/mol. The number of fused-ring (bicyclic) bond motifs is 1. The number of carboxylic acid groups (broad SMARTS) is 1. The zero-order valence-corrected chi connectivity index (χ0v) is 10.1. The van der Waals surface area contributed by atoms with Gasteiger partial charge in [0.1, 0.15) is 0 Å². The third kappa shape index (κ3) is 2.67. The molecule has 2 rings (SSSR count). The van der Waals surface area contributed by atoms with Crippen LogP contribution >= 0.6 is 0 Å². The molecule has 1 aliphatic heterocycles. The minimum Gasteiger partial charge on any atom is -0.481 e. The minimum atomic E-state index is -0.902. The number of H-pyrrole nitrogens is 1. The van der Waals surface area contributed by atoms with E-state index in [0.29, 0.717) is 13.0 Å². The third-order valence-electron chi connectivity index (χ3n) is 3.07. The highest BCUT2D eigenvalue weighted by atomic mass is 16.4. The molecule has 0 fully saturated rings. The molecular weight excluding hydrogens is 236 g/mol. The maximum atomic E-state index is 12.1. The summed E-state index contributed by atoms with van der Waals surface area (Å²) in [5.74, 6) is -0.995. The van der Waals surface area contributed by atoms with Crippen molar-refractivity contribution in [1.29, 1.82) is 0 Å². The van der Waals surface area contributed by atoms with Gasteiger partial charge in [0.05, 0.1) is 30.2 Å². The molecule has 1 aromatic rings. The van der Waals surface area contributed by atoms with Gasteiger partial charge in [-0.25, -0.2) is 4.98 Å². The molecular formula is C11H16N4O3. The summed E-state index contributed by atoms with van der Waals surface area (Å²) < 4.78 is 0. The fraction of sp³-hybridized carbons (Fsp3) is 0.545. The summed E-state index contributed by atoms with van der Waals surface area (Å²) in [4.78, 5) is 31.2. The van der Waals surface area contributed by atoms with E-state index in [9.17, 15) is 9.59 Å². The zero-order chi connectivity index (χ0) is 13.1. The van der Waals surface area contributed by atoms with Crippen molar-refractivity contribution in [3.8, 4) is 0 Å². The van der Waals surface area contributed by atoms with E-state index in [0.717, 1.165) is 11.4 Å². The smallest absolute Gasteiger partial charge is 0.305 e. The lowest BCUT2D eigenvalue weighted by Crippen LogP contribution is -2.48. The summed E-state index contributed by atoms with van der Waals surface area (Å²) in [5, 5.41) is 11.7. The lowest BCUT2D eigenvalue weighted by atomic mass is 10.0. The molecule has 3 N–H and O–H groups in total. The Balaban J connectivity index is 1.92. The van der Waals surface area contributed by atoms with E-state index >= 15 is 0 Å². The monoisotopic (exact) mass is 252 g/mol. The Morgan fingerprint density at radius 2 is 2.39 bits per heavy atom. The molecule has 1 amide bonds. The number of aliphatic carboxylic acids is 1. The van der Waals surface area contributed by atoms with Gasteiger partial charge in [0.15, 0.2) is 0 Å². The van der Waals surface area contributed by atoms with Crippen LogP contribution in [0.15, 0.2) is 6.33 Å². The summed E-state index contributed by atoms with van der Waals surface area (Å²) in [5.41, 5.74) is 1.91. The van der Waals surface area contributed by atoms with Crippen LogP contribution in [0.2, 0.25) is 0 Å². The first-order valence-corrected chi connectivity index (χ1v) is 5.79. The highest BCUT2D eigenvalue weighted by molar-refractivity contribution is 5.82. The van der Waals surface area contributed by atoms with Gasteiger partial charge < -0.3 is 15.0 Å². The van der Waals surface area contributed by atoms with E-state index in [2.05, 4.69) is 15.3 Å². The van der Waals surface area contributed by atoms with Crippen molar-refractivity contribution in [1.82, 2.24) is 20.2 Å². The molecule has 0 aromatic carbocycles. The topological polar surface area (TPSA) is 98.3 Å². The first kappa shape index (κ1) is 12.6. The van der Waals surface area contributed by atoms with E-state index in [1.807, 2.05) is 0 Å². The molecule has 1 unspecified atom stereocenters. The second kappa shape index (κ2) is 5.18. The van der Waals surface area contributed by atoms with Gasteiger partial charge in [0, 0.05) is 26.6 Å². The summed E-state index contributed by atoms with van der Waals surface area (Å²) in [6, 6.07) is -0.320. The number of likely N-dealkylation sites (N-methyl/N-ethyl adjacent to an activating group) is 1. The number of nitrogens with one attached hydrogen (secondary N) is 2. The van der Waals surface area contributed by atoms with Crippen LogP contribution in [0.25, 0.3) is 0 Å². The molecule has 18 heavy (non-hydrogen) atoms. The van der Waals surface area contributed by atoms with E-state index in [4.69, 9.17) is 5.11 Å². The number of nitrogens with zero attached hydrogens (tertiary/aromatic N) is 2. The van der Waals surface area contributed by atoms with Crippen LogP contribution in [-0.4, -0.2) is 51.5 Å². The van der Waals surface area contributed by atoms with Gasteiger partial charge in [0.25, 0.3) is 0 Å². The van der Waals surface area contributed by atoms with Gasteiger partial charge in [-0.3, -0.25) is 14.9 Å². The Bertz CT molecular complexity index is 457. The quantitative estimate of drug-likeness (QED) is 0.662. The number of carbonyl (C=O) groups is 2. The van der Waals surface area contributed by atoms with Crippen molar-refractivity contribution in [3.05, 3.63) is 17.7 Å². The normalized spacial score (nSPS) is 18.2. The summed E-state index contributed by atoms with van der Waals surface area (Å²) in [6.07, 6.45) is 2.12. The maximum Gasteiger partial charge on any atom is 0.305 e. The van der Waals surface area contributed by atoms with E-state index in [1.165, 1.54) is 4.90 Å². The molecule has 0 spiro atoms. The van der Waals surface area contributed by atoms with Crippen molar-refractivity contribution in [2.24, 2.45) is 0 Å². The third-order valence-corrected chi connectivity index (χ3v) is 3.07. The Morgan fingerprint density at radius 3 is 3.11 bits per heavy atom. The zero-order valence-electron chi connectivity index (χ0n) is 10.1. The Kier molecular flexibility index (Phi) is 3.61. The average Bonchev–Trinajstić information content (AvgIpc) is 2.81. The lowest BCUT2D eigenvalue weighted by Gasteiger charge is -2.26. The van der Waals surface area contributed by atoms with E-state index < -0.39 is 5.97 Å². The van der Waals surface area contributed by atoms with Crippen molar-refractivity contribution in [2.75, 3.05) is 13.6 Å². The first-order chi connectivity index (χ1) is 8.58. The SMILES string of the molecule is CN(CCC(=O)O)C(=O)C1Cc2nc[nH]c2CN1. The van der Waals surface area contributed by atoms with Crippen molar-refractivity contribution in [3.63, 3.8) is 0 Å². The molecule has 1 aliphatic rings. The van der Waals surface area contributed by atoms with Crippen LogP contribution in [0.3, 0.4) is 0 Å². The summed E-state index contributed by atoms with van der Waals surface area (Å²) in [7, 11) is 1.62. The number of carbonyl (C=O) groups excluding carboxylic acids is 1. The minimum absolute atomic E-state index is 0.0391. The number of amides is 1. The second-order valence-electron chi connectivity index (χ2n) is 4.37. The molecule has 7 heteroatoms. The molecule has 98 valence electrons. The van der Waals surface area contributed by atoms with Gasteiger partial charge >= 0.3 is 5.97 Å². The molecule has 0 radical (unpaired) electrons. The molecule has 1 atom stereocenters. The van der Waals surface area contributed by atoms with Gasteiger partial charge in [-0.05, 0) is 0 Å². The van der Waals surface area contributed by atoms with Crippen LogP contribution < -0.4 is 5.32 Å². The molecule has 0 saturated carbocycles. The predicted octanol–water partition coefficient (Wildman–Crippen LogP) is -0.643. The summed E-state index contributed by atoms with van der Waals surface area (Å²) in [6.45, 7) is 0.804. The van der Waals surface area contributed by atoms with Crippen molar-refractivity contribution in [2.45, 2.75) is 25.4 Å². The highest BCUT2D eigenvalue weighted by Crippen LogP contribution is 2.13. The van der Waals surface area contributed by atoms with Gasteiger partial charge in [-0.2, -0.15) is 0 Å². The van der Waals surface area contributed by atoms with E-state index in [-0.39, 0.29) is 24.9 Å². The fourth-order valence-electron chi connectivity index (χ4n) is 1.98. The number of hydrogen-bond donors (Lipinski definition) is 3. The largest absolute Gasteiger partial charge is 0.481 e. The first-order valence-electron chi connectivity index (χ1n) is 5.79. The van der Waals surface area contributed by atoms with Crippen LogP contribution in [0.4, 0.5) is 0 Å². The Labute approximate surface area is 104 Å². The number of carboxylic acids is 1. The number of imidazole rings is 1. The number of aromatic nitrogens is 2. The lowest BCUT2D eigenvalue weighted by molar-refractivity contribution is -0.138. The summed E-state index contributed by atoms with van der Waals surface area (Å²) >= 11 is 0. The van der Waals surface area contributed by atoms with Gasteiger partial charge in [0.2, 0.25) is 5.91 Å². The Hall–Kier alpha value is -1.89. The van der Waals surface area contributed by atoms with Crippen LogP contribution in [0.5, 0.6) is 0 Å². The molecule has 0 bridgehead atoms. The molecule has 7 nitrogen and oxygen atoms in total. The highest BCUT2D eigenvalue weighted by Gasteiger charge is 2.27. The fourth-order valence-corrected chi connectivity index (χ4v) is 1.98. The van der Waals surface area contributed by atoms with Crippen molar-refractivity contribution < 1.29 is 14.7 Å². The standard InChI is InChI=1S/C11H16N4O3/c1-15(3-2-10(16)17)11(18)8-4-7-9(5-12-8)14-6-13-7/h6,8,12H,2-5H2,1H3,(H,13,14)(H,16,17). The molecule has 0 saturated heterocycles. The van der Waals surface area contributed by atoms with Gasteiger partial charge in [-0.1, -0.05) is 0 Å². The van der Waals surface area contributed by atoms with Crippen molar-refractivity contribution >= 4 is 11.9 Å². The Morgan fingerprint density at radius 1 is 1.61 bits per heavy atom. The molecule has 1 aromatic heterocycles. The number of rotatable bonds is 4. The number of hydrogen-bond acceptors (Lipinski definition) is 4. The van der Waals surface area contributed by atoms with Crippen LogP contribution in [-0.2, 0) is 22.6 Å². The maximum absolute atomic E-state index is 12.1. The van der Waals surface area contributed by atoms with Crippen LogP contribution in [0.1, 0.15) is 17.8 Å². The second-order valence-corrected chi connectivity index (χ2v) is 4.37. The predicted molar refractivity (Wildman–Crippen MR) is 62.8 cm³/mol. The molecule has 2 heterocycles.